The molecule has 0 radical (unpaired) electrons. The Morgan fingerprint density at radius 1 is 0.333 bits per heavy atom. The molecule has 0 aliphatic heterocycles. The third-order valence-electron chi connectivity index (χ3n) is 10.4. The first-order chi connectivity index (χ1) is 30.7. The lowest BCUT2D eigenvalue weighted by atomic mass is 10.00. The molecule has 57 heavy (non-hydrogen) atoms. The molecule has 2 heterocycles. The number of benzene rings is 9. The van der Waals surface area contributed by atoms with Crippen molar-refractivity contribution in [2.45, 2.75) is 0 Å². The lowest BCUT2D eigenvalue weighted by Crippen LogP contribution is -2.00. The standard InChI is InChI=1S/C53H34N4/c1-3-12-35(13-4-1)38-16-11-17-42(31-38)51-54-52(43-27-25-40-30-39(23-24-41(40)32-43)36-14-5-2-6-15-36)56-53(55-51)44-26-22-37-28-29-46(34-45(37)33-44)57-49-20-9-7-18-47(49)48-19-8-10-21-50(48)57/h1-34H/i23D,24D,25D,27D,30D,32D. The Bertz CT molecular complexity index is 3590. The van der Waals surface area contributed by atoms with Crippen LogP contribution in [0.4, 0.5) is 0 Å². The van der Waals surface area contributed by atoms with Crippen molar-refractivity contribution < 1.29 is 8.22 Å². The molecule has 0 N–H and O–H groups in total. The second kappa shape index (κ2) is 13.6. The summed E-state index contributed by atoms with van der Waals surface area (Å²) in [6.45, 7) is 0. The van der Waals surface area contributed by atoms with Crippen LogP contribution in [0.5, 0.6) is 0 Å². The number of para-hydroxylation sites is 2. The Morgan fingerprint density at radius 3 is 1.53 bits per heavy atom. The van der Waals surface area contributed by atoms with Crippen molar-refractivity contribution >= 4 is 43.4 Å². The van der Waals surface area contributed by atoms with Crippen LogP contribution in [-0.2, 0) is 0 Å². The van der Waals surface area contributed by atoms with Gasteiger partial charge in [0.1, 0.15) is 0 Å². The van der Waals surface area contributed by atoms with Gasteiger partial charge in [-0.2, -0.15) is 0 Å². The van der Waals surface area contributed by atoms with Gasteiger partial charge in [-0.15, -0.1) is 0 Å². The first-order valence-electron chi connectivity index (χ1n) is 21.8. The smallest absolute Gasteiger partial charge is 0.164 e. The maximum atomic E-state index is 9.54. The van der Waals surface area contributed by atoms with Crippen molar-refractivity contribution in [2.24, 2.45) is 0 Å². The summed E-state index contributed by atoms with van der Waals surface area (Å²) in [6.07, 6.45) is 0. The molecular weight excluding hydrogens is 693 g/mol. The molecule has 0 saturated carbocycles. The Morgan fingerprint density at radius 2 is 0.842 bits per heavy atom. The molecule has 4 nitrogen and oxygen atoms in total. The highest BCUT2D eigenvalue weighted by Gasteiger charge is 2.16. The van der Waals surface area contributed by atoms with E-state index in [0.717, 1.165) is 38.6 Å². The average Bonchev–Trinajstić information content (AvgIpc) is 3.66. The Balaban J connectivity index is 1.13. The van der Waals surface area contributed by atoms with E-state index in [0.29, 0.717) is 28.3 Å². The normalized spacial score (nSPS) is 13.0. The summed E-state index contributed by atoms with van der Waals surface area (Å²) in [7, 11) is 0. The van der Waals surface area contributed by atoms with Gasteiger partial charge in [-0.3, -0.25) is 0 Å². The van der Waals surface area contributed by atoms with Crippen LogP contribution in [0.25, 0.3) is 105 Å². The molecule has 4 heteroatoms. The summed E-state index contributed by atoms with van der Waals surface area (Å²) in [5.74, 6) is 0.571. The molecule has 266 valence electrons. The maximum absolute atomic E-state index is 9.54. The van der Waals surface area contributed by atoms with Gasteiger partial charge in [-0.1, -0.05) is 158 Å². The van der Waals surface area contributed by atoms with Crippen LogP contribution in [0.3, 0.4) is 0 Å². The number of fused-ring (bicyclic) bond motifs is 5. The van der Waals surface area contributed by atoms with Crippen molar-refractivity contribution in [3.05, 3.63) is 206 Å². The minimum absolute atomic E-state index is 0.0192. The monoisotopic (exact) mass is 732 g/mol. The van der Waals surface area contributed by atoms with Gasteiger partial charge in [0, 0.05) is 33.2 Å². The maximum Gasteiger partial charge on any atom is 0.164 e. The SMILES string of the molecule is [2H]c1c(-c2nc(-c3cccc(-c4ccccc4)c3)nc(-c3ccc4ccc(-n5c6ccccc6c6ccccc65)cc4c3)n2)c([2H])c2c([2H])c([2H])c(-c3ccccc3)c([2H])c2c1[2H]. The molecule has 9 aromatic carbocycles. The predicted octanol–water partition coefficient (Wildman–Crippen LogP) is 13.6. The molecule has 0 fully saturated rings. The van der Waals surface area contributed by atoms with Gasteiger partial charge in [0.25, 0.3) is 0 Å². The highest BCUT2D eigenvalue weighted by molar-refractivity contribution is 6.09. The van der Waals surface area contributed by atoms with Crippen molar-refractivity contribution in [3.8, 4) is 62.1 Å². The van der Waals surface area contributed by atoms with E-state index >= 15 is 0 Å². The van der Waals surface area contributed by atoms with Gasteiger partial charge in [0.05, 0.1) is 19.3 Å². The third kappa shape index (κ3) is 5.92. The van der Waals surface area contributed by atoms with Crippen LogP contribution < -0.4 is 0 Å². The molecule has 0 unspecified atom stereocenters. The molecule has 0 bridgehead atoms. The van der Waals surface area contributed by atoms with Crippen LogP contribution >= 0.6 is 0 Å². The lowest BCUT2D eigenvalue weighted by Gasteiger charge is -2.12. The Labute approximate surface area is 338 Å². The minimum Gasteiger partial charge on any atom is -0.309 e. The molecule has 11 rings (SSSR count). The minimum atomic E-state index is -0.354. The lowest BCUT2D eigenvalue weighted by molar-refractivity contribution is 1.08. The molecule has 0 amide bonds. The molecular formula is C53H34N4. The van der Waals surface area contributed by atoms with Gasteiger partial charge < -0.3 is 4.57 Å². The van der Waals surface area contributed by atoms with E-state index in [4.69, 9.17) is 17.7 Å². The van der Waals surface area contributed by atoms with Gasteiger partial charge in [-0.25, -0.2) is 15.0 Å². The zero-order valence-corrected chi connectivity index (χ0v) is 30.5. The first kappa shape index (κ1) is 27.0. The van der Waals surface area contributed by atoms with E-state index in [9.17, 15) is 5.48 Å². The third-order valence-corrected chi connectivity index (χ3v) is 10.4. The Kier molecular flexibility index (Phi) is 6.42. The first-order valence-corrected chi connectivity index (χ1v) is 18.8. The van der Waals surface area contributed by atoms with E-state index in [1.807, 2.05) is 78.9 Å². The largest absolute Gasteiger partial charge is 0.309 e. The van der Waals surface area contributed by atoms with Gasteiger partial charge >= 0.3 is 0 Å². The quantitative estimate of drug-likeness (QED) is 0.171. The van der Waals surface area contributed by atoms with Crippen LogP contribution in [-0.4, -0.2) is 19.5 Å². The number of hydrogen-bond acceptors (Lipinski definition) is 3. The number of aromatic nitrogens is 4. The number of hydrogen-bond donors (Lipinski definition) is 0. The summed E-state index contributed by atoms with van der Waals surface area (Å²) in [4.78, 5) is 14.9. The topological polar surface area (TPSA) is 43.6 Å². The fourth-order valence-electron chi connectivity index (χ4n) is 7.66. The van der Waals surface area contributed by atoms with Crippen LogP contribution in [0, 0.1) is 0 Å². The van der Waals surface area contributed by atoms with E-state index < -0.39 is 0 Å². The van der Waals surface area contributed by atoms with Crippen molar-refractivity contribution in [1.82, 2.24) is 19.5 Å². The van der Waals surface area contributed by atoms with Gasteiger partial charge in [0.2, 0.25) is 0 Å². The summed E-state index contributed by atoms with van der Waals surface area (Å²) in [5.41, 5.74) is 7.14. The fourth-order valence-corrected chi connectivity index (χ4v) is 7.66. The average molecular weight is 733 g/mol. The van der Waals surface area contributed by atoms with Crippen LogP contribution in [0.1, 0.15) is 8.22 Å². The molecule has 0 spiro atoms. The second-order valence-electron chi connectivity index (χ2n) is 14.0. The highest BCUT2D eigenvalue weighted by atomic mass is 15.0. The van der Waals surface area contributed by atoms with Gasteiger partial charge in [-0.05, 0) is 92.3 Å². The molecule has 0 saturated heterocycles. The highest BCUT2D eigenvalue weighted by Crippen LogP contribution is 2.35. The fraction of sp³-hybridized carbons (Fsp3) is 0. The van der Waals surface area contributed by atoms with E-state index in [1.165, 1.54) is 10.8 Å². The summed E-state index contributed by atoms with van der Waals surface area (Å²) >= 11 is 0. The Hall–Kier alpha value is -7.69. The van der Waals surface area contributed by atoms with Crippen molar-refractivity contribution in [2.75, 3.05) is 0 Å². The van der Waals surface area contributed by atoms with Gasteiger partial charge in [0.15, 0.2) is 17.5 Å². The van der Waals surface area contributed by atoms with E-state index in [2.05, 4.69) is 71.3 Å². The number of rotatable bonds is 6. The van der Waals surface area contributed by atoms with Crippen LogP contribution in [0.2, 0.25) is 0 Å². The predicted molar refractivity (Wildman–Crippen MR) is 236 cm³/mol. The molecule has 0 aliphatic carbocycles. The van der Waals surface area contributed by atoms with E-state index in [-0.39, 0.29) is 64.0 Å². The zero-order chi connectivity index (χ0) is 42.9. The summed E-state index contributed by atoms with van der Waals surface area (Å²) < 4.78 is 57.8. The molecule has 11 aromatic rings. The van der Waals surface area contributed by atoms with E-state index in [1.54, 1.807) is 24.3 Å². The van der Waals surface area contributed by atoms with Crippen molar-refractivity contribution in [1.29, 1.82) is 0 Å². The zero-order valence-electron chi connectivity index (χ0n) is 36.5. The summed E-state index contributed by atoms with van der Waals surface area (Å²) in [5, 5.41) is 4.19. The van der Waals surface area contributed by atoms with Crippen molar-refractivity contribution in [3.63, 3.8) is 0 Å². The summed E-state index contributed by atoms with van der Waals surface area (Å²) in [6, 6.07) is 54.1. The van der Waals surface area contributed by atoms with Crippen LogP contribution in [0.15, 0.2) is 206 Å². The molecule has 0 aliphatic rings. The number of nitrogens with zero attached hydrogens (tertiary/aromatic N) is 4. The molecule has 0 atom stereocenters. The second-order valence-corrected chi connectivity index (χ2v) is 14.0. The molecule has 2 aromatic heterocycles.